The molecule has 8 heteroatoms. The van der Waals surface area contributed by atoms with Gasteiger partial charge >= 0.3 is 0 Å². The van der Waals surface area contributed by atoms with Crippen LogP contribution in [0.4, 0.5) is 0 Å². The van der Waals surface area contributed by atoms with Crippen molar-refractivity contribution in [2.24, 2.45) is 0 Å². The predicted octanol–water partition coefficient (Wildman–Crippen LogP) is 3.20. The Balaban J connectivity index is 1.68. The number of nitrogens with one attached hydrogen (secondary N) is 1. The molecule has 2 aromatic carbocycles. The first-order chi connectivity index (χ1) is 14.8. The van der Waals surface area contributed by atoms with Crippen LogP contribution in [-0.4, -0.2) is 41.3 Å². The van der Waals surface area contributed by atoms with Crippen LogP contribution in [-0.2, 0) is 23.1 Å². The number of hydrogen-bond donors (Lipinski definition) is 1. The van der Waals surface area contributed by atoms with Gasteiger partial charge in [-0.2, -0.15) is 4.31 Å². The molecule has 0 fully saturated rings. The molecule has 0 radical (unpaired) electrons. The van der Waals surface area contributed by atoms with E-state index in [1.165, 1.54) is 10.4 Å². The predicted molar refractivity (Wildman–Crippen MR) is 120 cm³/mol. The number of rotatable bonds is 9. The molecule has 0 saturated heterocycles. The van der Waals surface area contributed by atoms with E-state index >= 15 is 0 Å². The number of sulfonamides is 1. The Kier molecular flexibility index (Phi) is 7.25. The summed E-state index contributed by atoms with van der Waals surface area (Å²) in [6.45, 7) is 7.19. The number of aryl methyl sites for hydroxylation is 1. The molecule has 164 valence electrons. The average molecular weight is 441 g/mol. The molecule has 1 heterocycles. The number of hydrogen-bond acceptors (Lipinski definition) is 4. The zero-order valence-corrected chi connectivity index (χ0v) is 18.9. The maximum atomic E-state index is 12.9. The Bertz CT molecular complexity index is 1120. The molecule has 0 aliphatic heterocycles. The molecule has 7 nitrogen and oxygen atoms in total. The minimum atomic E-state index is -3.63. The molecule has 1 amide bonds. The van der Waals surface area contributed by atoms with Crippen LogP contribution in [0.3, 0.4) is 0 Å². The van der Waals surface area contributed by atoms with Gasteiger partial charge in [-0.15, -0.1) is 0 Å². The van der Waals surface area contributed by atoms with Crippen molar-refractivity contribution in [3.05, 3.63) is 83.4 Å². The van der Waals surface area contributed by atoms with Gasteiger partial charge in [-0.05, 0) is 35.7 Å². The number of carbonyl (C=O) groups is 1. The normalized spacial score (nSPS) is 11.6. The fraction of sp³-hybridized carbons (Fsp3) is 0.304. The van der Waals surface area contributed by atoms with E-state index in [0.717, 1.165) is 17.7 Å². The van der Waals surface area contributed by atoms with Gasteiger partial charge in [0.1, 0.15) is 0 Å². The molecule has 0 aliphatic rings. The standard InChI is InChI=1S/C23H28N4O3S/c1-4-27(5-2)31(29,30)22-14-21(11-6-18(22)3)23(28)25-15-19-7-9-20(10-8-19)16-26-13-12-24-17-26/h6-14,17H,4-5,15-16H2,1-3H3,(H,25,28). The second kappa shape index (κ2) is 9.89. The Hall–Kier alpha value is -2.97. The maximum Gasteiger partial charge on any atom is 0.251 e. The van der Waals surface area contributed by atoms with E-state index in [9.17, 15) is 13.2 Å². The van der Waals surface area contributed by atoms with E-state index in [2.05, 4.69) is 10.3 Å². The zero-order chi connectivity index (χ0) is 22.4. The first-order valence-corrected chi connectivity index (χ1v) is 11.7. The highest BCUT2D eigenvalue weighted by Crippen LogP contribution is 2.21. The molecular formula is C23H28N4O3S. The molecule has 1 N–H and O–H groups in total. The number of amides is 1. The molecule has 1 aromatic heterocycles. The van der Waals surface area contributed by atoms with E-state index in [4.69, 9.17) is 0 Å². The minimum Gasteiger partial charge on any atom is -0.348 e. The fourth-order valence-corrected chi connectivity index (χ4v) is 5.07. The fourth-order valence-electron chi connectivity index (χ4n) is 3.36. The van der Waals surface area contributed by atoms with Crippen LogP contribution in [0.15, 0.2) is 66.1 Å². The Morgan fingerprint density at radius 1 is 1.06 bits per heavy atom. The Morgan fingerprint density at radius 3 is 2.35 bits per heavy atom. The van der Waals surface area contributed by atoms with Crippen LogP contribution in [0, 0.1) is 6.92 Å². The van der Waals surface area contributed by atoms with Crippen LogP contribution < -0.4 is 5.32 Å². The third kappa shape index (κ3) is 5.39. The van der Waals surface area contributed by atoms with Crippen molar-refractivity contribution >= 4 is 15.9 Å². The van der Waals surface area contributed by atoms with Crippen molar-refractivity contribution in [1.29, 1.82) is 0 Å². The summed E-state index contributed by atoms with van der Waals surface area (Å²) >= 11 is 0. The molecule has 0 atom stereocenters. The van der Waals surface area contributed by atoms with Gasteiger partial charge in [0.25, 0.3) is 5.91 Å². The quantitative estimate of drug-likeness (QED) is 0.554. The van der Waals surface area contributed by atoms with Gasteiger partial charge < -0.3 is 9.88 Å². The molecule has 31 heavy (non-hydrogen) atoms. The lowest BCUT2D eigenvalue weighted by atomic mass is 10.1. The van der Waals surface area contributed by atoms with Crippen molar-refractivity contribution in [3.63, 3.8) is 0 Å². The number of benzene rings is 2. The van der Waals surface area contributed by atoms with Crippen LogP contribution in [0.1, 0.15) is 40.9 Å². The van der Waals surface area contributed by atoms with Gasteiger partial charge in [0, 0.05) is 44.1 Å². The van der Waals surface area contributed by atoms with Gasteiger partial charge in [0.05, 0.1) is 11.2 Å². The van der Waals surface area contributed by atoms with Crippen LogP contribution in [0.5, 0.6) is 0 Å². The van der Waals surface area contributed by atoms with E-state index < -0.39 is 10.0 Å². The topological polar surface area (TPSA) is 84.3 Å². The second-order valence-corrected chi connectivity index (χ2v) is 9.21. The molecule has 3 aromatic rings. The Morgan fingerprint density at radius 2 is 1.74 bits per heavy atom. The lowest BCUT2D eigenvalue weighted by Crippen LogP contribution is -2.31. The summed E-state index contributed by atoms with van der Waals surface area (Å²) in [5.41, 5.74) is 3.05. The van der Waals surface area contributed by atoms with Crippen molar-refractivity contribution < 1.29 is 13.2 Å². The average Bonchev–Trinajstić information content (AvgIpc) is 3.27. The van der Waals surface area contributed by atoms with Gasteiger partial charge in [0.15, 0.2) is 0 Å². The van der Waals surface area contributed by atoms with Crippen molar-refractivity contribution in [2.45, 2.75) is 38.8 Å². The summed E-state index contributed by atoms with van der Waals surface area (Å²) in [7, 11) is -3.63. The lowest BCUT2D eigenvalue weighted by molar-refractivity contribution is 0.0950. The van der Waals surface area contributed by atoms with Crippen molar-refractivity contribution in [2.75, 3.05) is 13.1 Å². The monoisotopic (exact) mass is 440 g/mol. The highest BCUT2D eigenvalue weighted by Gasteiger charge is 2.24. The van der Waals surface area contributed by atoms with Crippen molar-refractivity contribution in [1.82, 2.24) is 19.2 Å². The van der Waals surface area contributed by atoms with E-state index in [1.807, 2.05) is 35.0 Å². The summed E-state index contributed by atoms with van der Waals surface area (Å²) < 4.78 is 29.2. The smallest absolute Gasteiger partial charge is 0.251 e. The molecule has 0 unspecified atom stereocenters. The number of nitrogens with zero attached hydrogens (tertiary/aromatic N) is 3. The third-order valence-electron chi connectivity index (χ3n) is 5.17. The zero-order valence-electron chi connectivity index (χ0n) is 18.1. The first kappa shape index (κ1) is 22.7. The molecule has 0 spiro atoms. The molecule has 0 bridgehead atoms. The van der Waals surface area contributed by atoms with E-state index in [-0.39, 0.29) is 10.8 Å². The summed E-state index contributed by atoms with van der Waals surface area (Å²) in [4.78, 5) is 16.9. The SMILES string of the molecule is CCN(CC)S(=O)(=O)c1cc(C(=O)NCc2ccc(Cn3ccnc3)cc2)ccc1C. The Labute approximate surface area is 183 Å². The molecule has 0 saturated carbocycles. The van der Waals surface area contributed by atoms with E-state index in [0.29, 0.717) is 30.8 Å². The summed E-state index contributed by atoms with van der Waals surface area (Å²) in [5, 5.41) is 2.87. The van der Waals surface area contributed by atoms with Gasteiger partial charge in [0.2, 0.25) is 10.0 Å². The molecular weight excluding hydrogens is 412 g/mol. The van der Waals surface area contributed by atoms with Gasteiger partial charge in [-0.25, -0.2) is 13.4 Å². The van der Waals surface area contributed by atoms with Gasteiger partial charge in [-0.3, -0.25) is 4.79 Å². The number of imidazole rings is 1. The van der Waals surface area contributed by atoms with Crippen LogP contribution >= 0.6 is 0 Å². The number of aromatic nitrogens is 2. The maximum absolute atomic E-state index is 12.9. The largest absolute Gasteiger partial charge is 0.348 e. The van der Waals surface area contributed by atoms with Crippen LogP contribution in [0.2, 0.25) is 0 Å². The molecule has 0 aliphatic carbocycles. The van der Waals surface area contributed by atoms with Crippen LogP contribution in [0.25, 0.3) is 0 Å². The highest BCUT2D eigenvalue weighted by atomic mass is 32.2. The number of carbonyl (C=O) groups excluding carboxylic acids is 1. The third-order valence-corrected chi connectivity index (χ3v) is 7.37. The summed E-state index contributed by atoms with van der Waals surface area (Å²) in [6, 6.07) is 12.8. The molecule has 3 rings (SSSR count). The second-order valence-electron chi connectivity index (χ2n) is 7.30. The highest BCUT2D eigenvalue weighted by molar-refractivity contribution is 7.89. The minimum absolute atomic E-state index is 0.174. The lowest BCUT2D eigenvalue weighted by Gasteiger charge is -2.20. The first-order valence-electron chi connectivity index (χ1n) is 10.3. The van der Waals surface area contributed by atoms with Gasteiger partial charge in [-0.1, -0.05) is 44.2 Å². The van der Waals surface area contributed by atoms with E-state index in [1.54, 1.807) is 45.4 Å². The summed E-state index contributed by atoms with van der Waals surface area (Å²) in [6.07, 6.45) is 5.42. The van der Waals surface area contributed by atoms with Crippen molar-refractivity contribution in [3.8, 4) is 0 Å². The summed E-state index contributed by atoms with van der Waals surface area (Å²) in [5.74, 6) is -0.307.